The SMILES string of the molecule is COc1ccc(C=N/N=C2\NC(=O)C(c3ccccc3)S2)c(OC)c1. The Balaban J connectivity index is 1.72. The van der Waals surface area contributed by atoms with Gasteiger partial charge in [0, 0.05) is 11.6 Å². The Hall–Kier alpha value is -2.80. The van der Waals surface area contributed by atoms with E-state index in [9.17, 15) is 4.79 Å². The van der Waals surface area contributed by atoms with Gasteiger partial charge in [0.1, 0.15) is 16.7 Å². The molecule has 1 atom stereocenters. The van der Waals surface area contributed by atoms with E-state index in [1.165, 1.54) is 11.8 Å². The van der Waals surface area contributed by atoms with E-state index in [1.807, 2.05) is 42.5 Å². The Labute approximate surface area is 149 Å². The molecular weight excluding hydrogens is 338 g/mol. The fraction of sp³-hybridized carbons (Fsp3) is 0.167. The molecule has 1 aliphatic rings. The summed E-state index contributed by atoms with van der Waals surface area (Å²) in [6.45, 7) is 0. The number of nitrogens with zero attached hydrogens (tertiary/aromatic N) is 2. The van der Waals surface area contributed by atoms with Crippen molar-refractivity contribution in [1.82, 2.24) is 5.32 Å². The lowest BCUT2D eigenvalue weighted by Crippen LogP contribution is -2.21. The molecule has 0 aromatic heterocycles. The zero-order valence-corrected chi connectivity index (χ0v) is 14.6. The highest BCUT2D eigenvalue weighted by Gasteiger charge is 2.31. The highest BCUT2D eigenvalue weighted by molar-refractivity contribution is 8.15. The molecule has 0 bridgehead atoms. The maximum Gasteiger partial charge on any atom is 0.244 e. The van der Waals surface area contributed by atoms with E-state index >= 15 is 0 Å². The third kappa shape index (κ3) is 4.00. The number of amides is 1. The number of rotatable bonds is 5. The van der Waals surface area contributed by atoms with Gasteiger partial charge in [0.2, 0.25) is 5.91 Å². The van der Waals surface area contributed by atoms with Crippen LogP contribution in [0.3, 0.4) is 0 Å². The average Bonchev–Trinajstić information content (AvgIpc) is 3.03. The number of carbonyl (C=O) groups excluding carboxylic acids is 1. The van der Waals surface area contributed by atoms with Gasteiger partial charge in [-0.05, 0) is 17.7 Å². The van der Waals surface area contributed by atoms with E-state index in [1.54, 1.807) is 26.5 Å². The Morgan fingerprint density at radius 3 is 2.64 bits per heavy atom. The smallest absolute Gasteiger partial charge is 0.244 e. The number of methoxy groups -OCH3 is 2. The summed E-state index contributed by atoms with van der Waals surface area (Å²) in [5, 5.41) is 11.1. The van der Waals surface area contributed by atoms with Gasteiger partial charge in [-0.25, -0.2) is 0 Å². The van der Waals surface area contributed by atoms with E-state index < -0.39 is 0 Å². The third-order valence-electron chi connectivity index (χ3n) is 3.59. The van der Waals surface area contributed by atoms with Crippen molar-refractivity contribution in [3.63, 3.8) is 0 Å². The minimum absolute atomic E-state index is 0.0906. The summed E-state index contributed by atoms with van der Waals surface area (Å²) < 4.78 is 10.5. The molecule has 7 heteroatoms. The lowest BCUT2D eigenvalue weighted by Gasteiger charge is -2.06. The number of thioether (sulfide) groups is 1. The summed E-state index contributed by atoms with van der Waals surface area (Å²) in [7, 11) is 3.17. The standard InChI is InChI=1S/C18H17N3O3S/c1-23-14-9-8-13(15(10-14)24-2)11-19-21-18-20-17(22)16(25-18)12-6-4-3-5-7-12/h3-11,16H,1-2H3,(H,20,21,22). The number of carbonyl (C=O) groups is 1. The predicted molar refractivity (Wildman–Crippen MR) is 99.5 cm³/mol. The molecule has 0 aliphatic carbocycles. The molecule has 1 saturated heterocycles. The second-order valence-corrected chi connectivity index (χ2v) is 6.25. The second kappa shape index (κ2) is 7.85. The first-order valence-electron chi connectivity index (χ1n) is 7.57. The van der Waals surface area contributed by atoms with Gasteiger partial charge < -0.3 is 14.8 Å². The molecule has 1 aliphatic heterocycles. The van der Waals surface area contributed by atoms with Gasteiger partial charge in [0.15, 0.2) is 5.17 Å². The topological polar surface area (TPSA) is 72.3 Å². The molecule has 6 nitrogen and oxygen atoms in total. The van der Waals surface area contributed by atoms with Crippen LogP contribution in [0.25, 0.3) is 0 Å². The van der Waals surface area contributed by atoms with Crippen LogP contribution < -0.4 is 14.8 Å². The van der Waals surface area contributed by atoms with Crippen LogP contribution >= 0.6 is 11.8 Å². The van der Waals surface area contributed by atoms with Crippen molar-refractivity contribution in [2.45, 2.75) is 5.25 Å². The summed E-state index contributed by atoms with van der Waals surface area (Å²) in [4.78, 5) is 12.1. The largest absolute Gasteiger partial charge is 0.497 e. The molecular formula is C18H17N3O3S. The Morgan fingerprint density at radius 2 is 1.92 bits per heavy atom. The first-order valence-corrected chi connectivity index (χ1v) is 8.44. The highest BCUT2D eigenvalue weighted by atomic mass is 32.2. The number of ether oxygens (including phenoxy) is 2. The van der Waals surface area contributed by atoms with Crippen molar-refractivity contribution >= 4 is 29.1 Å². The number of benzene rings is 2. The number of hydrogen-bond donors (Lipinski definition) is 1. The van der Waals surface area contributed by atoms with Gasteiger partial charge in [-0.2, -0.15) is 5.10 Å². The summed E-state index contributed by atoms with van der Waals surface area (Å²) >= 11 is 1.35. The Bertz CT molecular complexity index is 822. The van der Waals surface area contributed by atoms with E-state index in [4.69, 9.17) is 9.47 Å². The van der Waals surface area contributed by atoms with Crippen LogP contribution in [0.4, 0.5) is 0 Å². The van der Waals surface area contributed by atoms with E-state index in [-0.39, 0.29) is 11.2 Å². The second-order valence-electron chi connectivity index (χ2n) is 5.16. The maximum absolute atomic E-state index is 12.1. The number of amidine groups is 1. The van der Waals surface area contributed by atoms with Crippen LogP contribution in [0.5, 0.6) is 11.5 Å². The Kier molecular flexibility index (Phi) is 5.35. The van der Waals surface area contributed by atoms with Gasteiger partial charge in [-0.15, -0.1) is 5.10 Å². The van der Waals surface area contributed by atoms with E-state index in [0.29, 0.717) is 16.7 Å². The highest BCUT2D eigenvalue weighted by Crippen LogP contribution is 2.34. The fourth-order valence-electron chi connectivity index (χ4n) is 2.33. The fourth-order valence-corrected chi connectivity index (χ4v) is 3.27. The van der Waals surface area contributed by atoms with Crippen LogP contribution in [0.15, 0.2) is 58.7 Å². The quantitative estimate of drug-likeness (QED) is 0.661. The minimum atomic E-state index is -0.300. The van der Waals surface area contributed by atoms with Gasteiger partial charge in [0.05, 0.1) is 20.4 Å². The number of hydrogen-bond acceptors (Lipinski definition) is 6. The van der Waals surface area contributed by atoms with Gasteiger partial charge in [-0.3, -0.25) is 4.79 Å². The van der Waals surface area contributed by atoms with Crippen LogP contribution in [0.1, 0.15) is 16.4 Å². The number of nitrogens with one attached hydrogen (secondary N) is 1. The average molecular weight is 355 g/mol. The molecule has 25 heavy (non-hydrogen) atoms. The molecule has 1 heterocycles. The summed E-state index contributed by atoms with van der Waals surface area (Å²) in [5.74, 6) is 1.24. The monoisotopic (exact) mass is 355 g/mol. The molecule has 1 amide bonds. The van der Waals surface area contributed by atoms with Crippen molar-refractivity contribution < 1.29 is 14.3 Å². The first kappa shape index (κ1) is 17.0. The van der Waals surface area contributed by atoms with Crippen molar-refractivity contribution in [3.8, 4) is 11.5 Å². The van der Waals surface area contributed by atoms with Crippen molar-refractivity contribution in [3.05, 3.63) is 59.7 Å². The zero-order chi connectivity index (χ0) is 17.6. The summed E-state index contributed by atoms with van der Waals surface area (Å²) in [5.41, 5.74) is 1.71. The molecule has 1 N–H and O–H groups in total. The molecule has 0 radical (unpaired) electrons. The molecule has 1 fully saturated rings. The molecule has 0 saturated carbocycles. The van der Waals surface area contributed by atoms with E-state index in [2.05, 4.69) is 15.5 Å². The molecule has 128 valence electrons. The van der Waals surface area contributed by atoms with Crippen molar-refractivity contribution in [2.75, 3.05) is 14.2 Å². The molecule has 1 unspecified atom stereocenters. The lowest BCUT2D eigenvalue weighted by molar-refractivity contribution is -0.118. The molecule has 2 aromatic rings. The van der Waals surface area contributed by atoms with Crippen molar-refractivity contribution in [2.24, 2.45) is 10.2 Å². The first-order chi connectivity index (χ1) is 12.2. The van der Waals surface area contributed by atoms with Crippen molar-refractivity contribution in [1.29, 1.82) is 0 Å². The third-order valence-corrected chi connectivity index (χ3v) is 4.72. The molecule has 3 rings (SSSR count). The van der Waals surface area contributed by atoms with Crippen LogP contribution in [0.2, 0.25) is 0 Å². The maximum atomic E-state index is 12.1. The van der Waals surface area contributed by atoms with Gasteiger partial charge in [-0.1, -0.05) is 42.1 Å². The zero-order valence-electron chi connectivity index (χ0n) is 13.8. The van der Waals surface area contributed by atoms with Gasteiger partial charge >= 0.3 is 0 Å². The Morgan fingerprint density at radius 1 is 1.12 bits per heavy atom. The normalized spacial score (nSPS) is 18.6. The molecule has 0 spiro atoms. The lowest BCUT2D eigenvalue weighted by atomic mass is 10.1. The van der Waals surface area contributed by atoms with Crippen LogP contribution in [-0.4, -0.2) is 31.5 Å². The summed E-state index contributed by atoms with van der Waals surface area (Å²) in [6, 6.07) is 15.0. The van der Waals surface area contributed by atoms with Crippen LogP contribution in [-0.2, 0) is 4.79 Å². The minimum Gasteiger partial charge on any atom is -0.497 e. The predicted octanol–water partition coefficient (Wildman–Crippen LogP) is 3.00. The summed E-state index contributed by atoms with van der Waals surface area (Å²) in [6.07, 6.45) is 1.58. The van der Waals surface area contributed by atoms with Crippen LogP contribution in [0, 0.1) is 0 Å². The van der Waals surface area contributed by atoms with Gasteiger partial charge in [0.25, 0.3) is 0 Å². The van der Waals surface area contributed by atoms with E-state index in [0.717, 1.165) is 11.1 Å². The molecule has 2 aromatic carbocycles.